The third kappa shape index (κ3) is 3.36. The fourth-order valence-electron chi connectivity index (χ4n) is 2.00. The summed E-state index contributed by atoms with van der Waals surface area (Å²) in [5.74, 6) is 1.80. The molecule has 0 fully saturated rings. The second-order valence-corrected chi connectivity index (χ2v) is 4.59. The van der Waals surface area contributed by atoms with E-state index in [1.54, 1.807) is 18.6 Å². The van der Waals surface area contributed by atoms with Gasteiger partial charge in [0.1, 0.15) is 11.6 Å². The summed E-state index contributed by atoms with van der Waals surface area (Å²) in [6.45, 7) is 1.55. The predicted octanol–water partition coefficient (Wildman–Crippen LogP) is 2.03. The first kappa shape index (κ1) is 13.1. The molecule has 0 unspecified atom stereocenters. The van der Waals surface area contributed by atoms with E-state index >= 15 is 0 Å². The number of hydrogen-bond acceptors (Lipinski definition) is 5. The van der Waals surface area contributed by atoms with Crippen molar-refractivity contribution in [3.63, 3.8) is 0 Å². The zero-order valence-electron chi connectivity index (χ0n) is 11.5. The Morgan fingerprint density at radius 3 is 2.76 bits per heavy atom. The van der Waals surface area contributed by atoms with Gasteiger partial charge in [-0.15, -0.1) is 0 Å². The zero-order valence-corrected chi connectivity index (χ0v) is 11.5. The number of rotatable bonds is 5. The average Bonchev–Trinajstić information content (AvgIpc) is 3.01. The Kier molecular flexibility index (Phi) is 3.77. The average molecular weight is 280 g/mol. The molecule has 0 aliphatic heterocycles. The van der Waals surface area contributed by atoms with Gasteiger partial charge in [-0.1, -0.05) is 30.3 Å². The van der Waals surface area contributed by atoms with Gasteiger partial charge < -0.3 is 15.6 Å². The molecule has 1 aromatic carbocycles. The number of nitrogens with one attached hydrogen (secondary N) is 1. The van der Waals surface area contributed by atoms with Crippen molar-refractivity contribution in [2.45, 2.75) is 6.54 Å². The lowest BCUT2D eigenvalue weighted by Gasteiger charge is -2.09. The lowest BCUT2D eigenvalue weighted by molar-refractivity contribution is 0.725. The normalized spacial score (nSPS) is 10.5. The van der Waals surface area contributed by atoms with E-state index in [-0.39, 0.29) is 0 Å². The van der Waals surface area contributed by atoms with Crippen LogP contribution in [0.25, 0.3) is 11.4 Å². The Bertz CT molecular complexity index is 693. The molecule has 106 valence electrons. The Hall–Kier alpha value is -2.89. The zero-order chi connectivity index (χ0) is 14.5. The molecule has 0 radical (unpaired) electrons. The van der Waals surface area contributed by atoms with Gasteiger partial charge in [0.05, 0.1) is 6.33 Å². The van der Waals surface area contributed by atoms with Crippen molar-refractivity contribution in [2.24, 2.45) is 0 Å². The quantitative estimate of drug-likeness (QED) is 0.747. The van der Waals surface area contributed by atoms with Crippen molar-refractivity contribution < 1.29 is 0 Å². The van der Waals surface area contributed by atoms with Crippen LogP contribution in [0.2, 0.25) is 0 Å². The summed E-state index contributed by atoms with van der Waals surface area (Å²) in [4.78, 5) is 12.8. The maximum atomic E-state index is 5.86. The maximum Gasteiger partial charge on any atom is 0.163 e. The molecule has 21 heavy (non-hydrogen) atoms. The van der Waals surface area contributed by atoms with E-state index in [9.17, 15) is 0 Å². The van der Waals surface area contributed by atoms with Crippen LogP contribution in [0.5, 0.6) is 0 Å². The predicted molar refractivity (Wildman–Crippen MR) is 82.6 cm³/mol. The van der Waals surface area contributed by atoms with Crippen LogP contribution in [0.1, 0.15) is 0 Å². The number of aromatic nitrogens is 4. The van der Waals surface area contributed by atoms with E-state index in [0.29, 0.717) is 11.6 Å². The molecule has 3 N–H and O–H groups in total. The van der Waals surface area contributed by atoms with Gasteiger partial charge in [0.25, 0.3) is 0 Å². The SMILES string of the molecule is Nc1cc(NCCn2ccnc2)nc(-c2ccccc2)n1. The summed E-state index contributed by atoms with van der Waals surface area (Å²) >= 11 is 0. The van der Waals surface area contributed by atoms with E-state index in [0.717, 1.165) is 24.5 Å². The van der Waals surface area contributed by atoms with E-state index in [2.05, 4.69) is 20.3 Å². The van der Waals surface area contributed by atoms with Crippen LogP contribution in [0.4, 0.5) is 11.6 Å². The fourth-order valence-corrected chi connectivity index (χ4v) is 2.00. The molecule has 0 saturated heterocycles. The summed E-state index contributed by atoms with van der Waals surface area (Å²) < 4.78 is 2.00. The van der Waals surface area contributed by atoms with E-state index < -0.39 is 0 Å². The topological polar surface area (TPSA) is 81.6 Å². The summed E-state index contributed by atoms with van der Waals surface area (Å²) in [6, 6.07) is 11.5. The standard InChI is InChI=1S/C15H16N6/c16-13-10-14(18-7-9-21-8-6-17-11-21)20-15(19-13)12-4-2-1-3-5-12/h1-6,8,10-11H,7,9H2,(H3,16,18,19,20). The summed E-state index contributed by atoms with van der Waals surface area (Å²) in [5.41, 5.74) is 6.80. The number of nitrogens with two attached hydrogens (primary N) is 1. The largest absolute Gasteiger partial charge is 0.384 e. The lowest BCUT2D eigenvalue weighted by Crippen LogP contribution is -2.11. The maximum absolute atomic E-state index is 5.86. The Labute approximate surface area is 122 Å². The number of nitrogens with zero attached hydrogens (tertiary/aromatic N) is 4. The van der Waals surface area contributed by atoms with Crippen LogP contribution in [-0.4, -0.2) is 26.1 Å². The van der Waals surface area contributed by atoms with Gasteiger partial charge in [-0.25, -0.2) is 15.0 Å². The van der Waals surface area contributed by atoms with Crippen molar-refractivity contribution in [3.8, 4) is 11.4 Å². The first-order chi connectivity index (χ1) is 10.3. The highest BCUT2D eigenvalue weighted by Crippen LogP contribution is 2.18. The number of nitrogen functional groups attached to an aromatic ring is 1. The highest BCUT2D eigenvalue weighted by molar-refractivity contribution is 5.60. The molecular formula is C15H16N6. The summed E-state index contributed by atoms with van der Waals surface area (Å²) in [5, 5.41) is 3.25. The molecule has 0 aliphatic rings. The molecule has 0 saturated carbocycles. The molecule has 0 spiro atoms. The van der Waals surface area contributed by atoms with Crippen LogP contribution in [0.3, 0.4) is 0 Å². The van der Waals surface area contributed by atoms with Gasteiger partial charge in [0.2, 0.25) is 0 Å². The van der Waals surface area contributed by atoms with Crippen LogP contribution in [0, 0.1) is 0 Å². The highest BCUT2D eigenvalue weighted by atomic mass is 15.1. The molecule has 0 aliphatic carbocycles. The third-order valence-corrected chi connectivity index (χ3v) is 3.01. The Morgan fingerprint density at radius 1 is 1.14 bits per heavy atom. The fraction of sp³-hybridized carbons (Fsp3) is 0.133. The Balaban J connectivity index is 1.72. The van der Waals surface area contributed by atoms with E-state index in [1.165, 1.54) is 0 Å². The van der Waals surface area contributed by atoms with Crippen LogP contribution < -0.4 is 11.1 Å². The molecule has 0 amide bonds. The first-order valence-electron chi connectivity index (χ1n) is 6.71. The minimum absolute atomic E-state index is 0.453. The summed E-state index contributed by atoms with van der Waals surface area (Å²) in [6.07, 6.45) is 5.47. The van der Waals surface area contributed by atoms with E-state index in [1.807, 2.05) is 41.1 Å². The third-order valence-electron chi connectivity index (χ3n) is 3.01. The van der Waals surface area contributed by atoms with Gasteiger partial charge in [-0.2, -0.15) is 0 Å². The van der Waals surface area contributed by atoms with Crippen LogP contribution in [-0.2, 0) is 6.54 Å². The molecule has 3 aromatic rings. The molecule has 6 nitrogen and oxygen atoms in total. The molecule has 3 rings (SSSR count). The number of imidazole rings is 1. The minimum atomic E-state index is 0.453. The van der Waals surface area contributed by atoms with Gasteiger partial charge in [0.15, 0.2) is 5.82 Å². The van der Waals surface area contributed by atoms with Crippen molar-refractivity contribution in [3.05, 3.63) is 55.1 Å². The van der Waals surface area contributed by atoms with Gasteiger partial charge in [-0.3, -0.25) is 0 Å². The van der Waals surface area contributed by atoms with Crippen molar-refractivity contribution in [1.82, 2.24) is 19.5 Å². The Morgan fingerprint density at radius 2 is 2.00 bits per heavy atom. The highest BCUT2D eigenvalue weighted by Gasteiger charge is 2.04. The second kappa shape index (κ2) is 6.04. The van der Waals surface area contributed by atoms with Gasteiger partial charge >= 0.3 is 0 Å². The van der Waals surface area contributed by atoms with Crippen molar-refractivity contribution >= 4 is 11.6 Å². The van der Waals surface area contributed by atoms with Gasteiger partial charge in [0, 0.05) is 37.1 Å². The first-order valence-corrected chi connectivity index (χ1v) is 6.71. The van der Waals surface area contributed by atoms with Crippen molar-refractivity contribution in [2.75, 3.05) is 17.6 Å². The van der Waals surface area contributed by atoms with E-state index in [4.69, 9.17) is 5.73 Å². The summed E-state index contributed by atoms with van der Waals surface area (Å²) in [7, 11) is 0. The smallest absolute Gasteiger partial charge is 0.163 e. The molecule has 2 aromatic heterocycles. The lowest BCUT2D eigenvalue weighted by atomic mass is 10.2. The second-order valence-electron chi connectivity index (χ2n) is 4.59. The van der Waals surface area contributed by atoms with Gasteiger partial charge in [-0.05, 0) is 0 Å². The molecule has 6 heteroatoms. The molecule has 0 atom stereocenters. The number of hydrogen-bond donors (Lipinski definition) is 2. The molecule has 0 bridgehead atoms. The van der Waals surface area contributed by atoms with Crippen molar-refractivity contribution in [1.29, 1.82) is 0 Å². The molecule has 2 heterocycles. The number of benzene rings is 1. The number of anilines is 2. The van der Waals surface area contributed by atoms with Crippen LogP contribution >= 0.6 is 0 Å². The monoisotopic (exact) mass is 280 g/mol. The molecular weight excluding hydrogens is 264 g/mol. The minimum Gasteiger partial charge on any atom is -0.384 e. The van der Waals surface area contributed by atoms with Crippen LogP contribution in [0.15, 0.2) is 55.1 Å².